The van der Waals surface area contributed by atoms with Crippen LogP contribution < -0.4 is 5.32 Å². The lowest BCUT2D eigenvalue weighted by molar-refractivity contribution is 0.480. The van der Waals surface area contributed by atoms with Gasteiger partial charge in [0.2, 0.25) is 0 Å². The molecule has 1 N–H and O–H groups in total. The van der Waals surface area contributed by atoms with Crippen molar-refractivity contribution in [2.45, 2.75) is 32.7 Å². The largest absolute Gasteiger partial charge is 0.309 e. The minimum atomic E-state index is 0.344. The Morgan fingerprint density at radius 3 is 2.68 bits per heavy atom. The maximum Gasteiger partial charge on any atom is 0.0597 e. The van der Waals surface area contributed by atoms with Crippen molar-refractivity contribution in [1.29, 1.82) is 0 Å². The standard InChI is InChI=1S/C14H23N5/c1-5-15-13(14-8-11(2)17-19(14)4)7-6-12-9-16-18(3)10-12/h8-10,13,15H,5-7H2,1-4H3. The van der Waals surface area contributed by atoms with Gasteiger partial charge in [0.15, 0.2) is 0 Å². The molecule has 0 saturated heterocycles. The van der Waals surface area contributed by atoms with Gasteiger partial charge in [0.05, 0.1) is 17.6 Å². The maximum atomic E-state index is 4.43. The molecule has 0 spiro atoms. The lowest BCUT2D eigenvalue weighted by Crippen LogP contribution is -2.23. The summed E-state index contributed by atoms with van der Waals surface area (Å²) in [5.41, 5.74) is 3.61. The fourth-order valence-electron chi connectivity index (χ4n) is 2.47. The predicted molar refractivity (Wildman–Crippen MR) is 75.9 cm³/mol. The van der Waals surface area contributed by atoms with Crippen LogP contribution in [0.1, 0.15) is 36.3 Å². The highest BCUT2D eigenvalue weighted by Gasteiger charge is 2.15. The van der Waals surface area contributed by atoms with E-state index in [9.17, 15) is 0 Å². The van der Waals surface area contributed by atoms with E-state index in [1.54, 1.807) is 0 Å². The summed E-state index contributed by atoms with van der Waals surface area (Å²) in [6.07, 6.45) is 6.10. The molecule has 0 bridgehead atoms. The quantitative estimate of drug-likeness (QED) is 0.861. The molecule has 5 nitrogen and oxygen atoms in total. The van der Waals surface area contributed by atoms with Crippen LogP contribution in [0.15, 0.2) is 18.5 Å². The number of hydrogen-bond donors (Lipinski definition) is 1. The summed E-state index contributed by atoms with van der Waals surface area (Å²) in [6.45, 7) is 5.13. The van der Waals surface area contributed by atoms with Gasteiger partial charge in [-0.25, -0.2) is 0 Å². The predicted octanol–water partition coefficient (Wildman–Crippen LogP) is 1.75. The van der Waals surface area contributed by atoms with Crippen molar-refractivity contribution in [1.82, 2.24) is 24.9 Å². The highest BCUT2D eigenvalue weighted by Crippen LogP contribution is 2.19. The zero-order valence-electron chi connectivity index (χ0n) is 12.2. The van der Waals surface area contributed by atoms with Gasteiger partial charge >= 0.3 is 0 Å². The molecule has 0 amide bonds. The highest BCUT2D eigenvalue weighted by atomic mass is 15.3. The summed E-state index contributed by atoms with van der Waals surface area (Å²) in [6, 6.07) is 2.51. The van der Waals surface area contributed by atoms with Gasteiger partial charge in [0.25, 0.3) is 0 Å². The first-order valence-corrected chi connectivity index (χ1v) is 6.81. The Kier molecular flexibility index (Phi) is 4.37. The van der Waals surface area contributed by atoms with E-state index in [4.69, 9.17) is 0 Å². The van der Waals surface area contributed by atoms with E-state index < -0.39 is 0 Å². The van der Waals surface area contributed by atoms with Crippen LogP contribution in [-0.2, 0) is 20.5 Å². The Morgan fingerprint density at radius 2 is 2.16 bits per heavy atom. The first-order chi connectivity index (χ1) is 9.10. The van der Waals surface area contributed by atoms with Crippen LogP contribution in [0.3, 0.4) is 0 Å². The monoisotopic (exact) mass is 261 g/mol. The Bertz CT molecular complexity index is 526. The van der Waals surface area contributed by atoms with Crippen molar-refractivity contribution >= 4 is 0 Å². The summed E-state index contributed by atoms with van der Waals surface area (Å²) in [4.78, 5) is 0. The number of aryl methyl sites for hydroxylation is 4. The average molecular weight is 261 g/mol. The van der Waals surface area contributed by atoms with Gasteiger partial charge in [-0.1, -0.05) is 6.92 Å². The van der Waals surface area contributed by atoms with Crippen molar-refractivity contribution < 1.29 is 0 Å². The third kappa shape index (κ3) is 3.44. The maximum absolute atomic E-state index is 4.43. The summed E-state index contributed by atoms with van der Waals surface area (Å²) in [5, 5.41) is 12.2. The zero-order chi connectivity index (χ0) is 13.8. The van der Waals surface area contributed by atoms with Crippen molar-refractivity contribution in [3.63, 3.8) is 0 Å². The van der Waals surface area contributed by atoms with Gasteiger partial charge in [-0.2, -0.15) is 10.2 Å². The molecule has 2 heterocycles. The van der Waals surface area contributed by atoms with Crippen LogP contribution in [0.25, 0.3) is 0 Å². The van der Waals surface area contributed by atoms with Crippen LogP contribution in [-0.4, -0.2) is 26.1 Å². The molecule has 0 aliphatic rings. The second kappa shape index (κ2) is 6.02. The van der Waals surface area contributed by atoms with E-state index in [2.05, 4.69) is 34.7 Å². The number of nitrogens with zero attached hydrogens (tertiary/aromatic N) is 4. The molecule has 1 unspecified atom stereocenters. The molecule has 0 saturated carbocycles. The summed E-state index contributed by atoms with van der Waals surface area (Å²) in [5.74, 6) is 0. The average Bonchev–Trinajstić information content (AvgIpc) is 2.91. The van der Waals surface area contributed by atoms with Crippen molar-refractivity contribution in [2.24, 2.45) is 14.1 Å². The lowest BCUT2D eigenvalue weighted by atomic mass is 10.0. The van der Waals surface area contributed by atoms with Crippen LogP contribution in [0.2, 0.25) is 0 Å². The topological polar surface area (TPSA) is 47.7 Å². The Morgan fingerprint density at radius 1 is 1.37 bits per heavy atom. The number of hydrogen-bond acceptors (Lipinski definition) is 3. The van der Waals surface area contributed by atoms with Crippen molar-refractivity contribution in [3.05, 3.63) is 35.4 Å². The summed E-state index contributed by atoms with van der Waals surface area (Å²) < 4.78 is 3.83. The van der Waals surface area contributed by atoms with Crippen LogP contribution >= 0.6 is 0 Å². The molecular weight excluding hydrogens is 238 g/mol. The van der Waals surface area contributed by atoms with E-state index >= 15 is 0 Å². The Balaban J connectivity index is 2.05. The molecule has 1 atom stereocenters. The smallest absolute Gasteiger partial charge is 0.0597 e. The van der Waals surface area contributed by atoms with Gasteiger partial charge in [-0.15, -0.1) is 0 Å². The molecule has 104 valence electrons. The third-order valence-electron chi connectivity index (χ3n) is 3.33. The molecule has 2 aromatic rings. The highest BCUT2D eigenvalue weighted by molar-refractivity contribution is 5.14. The molecule has 0 aromatic carbocycles. The molecule has 0 aliphatic heterocycles. The molecule has 19 heavy (non-hydrogen) atoms. The second-order valence-corrected chi connectivity index (χ2v) is 5.01. The fraction of sp³-hybridized carbons (Fsp3) is 0.571. The van der Waals surface area contributed by atoms with Crippen molar-refractivity contribution in [2.75, 3.05) is 6.54 Å². The SMILES string of the molecule is CCNC(CCc1cnn(C)c1)c1cc(C)nn1C. The van der Waals surface area contributed by atoms with Gasteiger partial charge in [-0.3, -0.25) is 9.36 Å². The number of rotatable bonds is 6. The first kappa shape index (κ1) is 13.8. The van der Waals surface area contributed by atoms with Crippen molar-refractivity contribution in [3.8, 4) is 0 Å². The van der Waals surface area contributed by atoms with E-state index in [-0.39, 0.29) is 0 Å². The zero-order valence-corrected chi connectivity index (χ0v) is 12.2. The molecule has 2 aromatic heterocycles. The minimum Gasteiger partial charge on any atom is -0.309 e. The normalized spacial score (nSPS) is 12.8. The molecular formula is C14H23N5. The van der Waals surface area contributed by atoms with E-state index in [0.29, 0.717) is 6.04 Å². The van der Waals surface area contributed by atoms with Crippen LogP contribution in [0.5, 0.6) is 0 Å². The second-order valence-electron chi connectivity index (χ2n) is 5.01. The van der Waals surface area contributed by atoms with Gasteiger partial charge in [-0.05, 0) is 37.9 Å². The third-order valence-corrected chi connectivity index (χ3v) is 3.33. The first-order valence-electron chi connectivity index (χ1n) is 6.81. The molecule has 5 heteroatoms. The molecule has 0 fully saturated rings. The minimum absolute atomic E-state index is 0.344. The fourth-order valence-corrected chi connectivity index (χ4v) is 2.47. The molecule has 2 rings (SSSR count). The van der Waals surface area contributed by atoms with Gasteiger partial charge in [0.1, 0.15) is 0 Å². The Hall–Kier alpha value is -1.62. The van der Waals surface area contributed by atoms with Crippen LogP contribution in [0, 0.1) is 6.92 Å². The number of nitrogens with one attached hydrogen (secondary N) is 1. The number of aromatic nitrogens is 4. The molecule has 0 aliphatic carbocycles. The van der Waals surface area contributed by atoms with E-state index in [1.807, 2.05) is 36.6 Å². The lowest BCUT2D eigenvalue weighted by Gasteiger charge is -2.17. The molecule has 0 radical (unpaired) electrons. The van der Waals surface area contributed by atoms with E-state index in [1.165, 1.54) is 11.3 Å². The summed E-state index contributed by atoms with van der Waals surface area (Å²) in [7, 11) is 3.96. The van der Waals surface area contributed by atoms with Crippen LogP contribution in [0.4, 0.5) is 0 Å². The van der Waals surface area contributed by atoms with Gasteiger partial charge in [0, 0.05) is 26.3 Å². The van der Waals surface area contributed by atoms with Gasteiger partial charge < -0.3 is 5.32 Å². The van der Waals surface area contributed by atoms with E-state index in [0.717, 1.165) is 25.1 Å². The Labute approximate surface area is 114 Å². The summed E-state index contributed by atoms with van der Waals surface area (Å²) >= 11 is 0.